The van der Waals surface area contributed by atoms with Crippen LogP contribution >= 0.6 is 0 Å². The van der Waals surface area contributed by atoms with Crippen LogP contribution in [0.1, 0.15) is 24.4 Å². The van der Waals surface area contributed by atoms with Crippen LogP contribution in [-0.2, 0) is 14.1 Å². The van der Waals surface area contributed by atoms with Gasteiger partial charge in [0.05, 0.1) is 20.3 Å². The predicted molar refractivity (Wildman–Crippen MR) is 93.6 cm³/mol. The Kier molecular flexibility index (Phi) is 4.52. The summed E-state index contributed by atoms with van der Waals surface area (Å²) in [6.45, 7) is 0.686. The second-order valence-corrected chi connectivity index (χ2v) is 6.05. The molecule has 1 saturated heterocycles. The van der Waals surface area contributed by atoms with Gasteiger partial charge in [-0.2, -0.15) is 0 Å². The lowest BCUT2D eigenvalue weighted by molar-refractivity contribution is 0.395. The van der Waals surface area contributed by atoms with Gasteiger partial charge in [-0.25, -0.2) is 9.48 Å². The van der Waals surface area contributed by atoms with Gasteiger partial charge in [0.2, 0.25) is 5.82 Å². The first-order valence-electron chi connectivity index (χ1n) is 8.10. The standard InChI is InChI=1S/C17H22N4O4/c1-19-16(22)15(18-20(2)17(19)23)21-9-5-6-13(21)12-10-11(24-3)7-8-14(12)25-4/h7-8,10,13H,5-6,9H2,1-4H3/t13-/m1/s1. The molecule has 2 heterocycles. The van der Waals surface area contributed by atoms with Crippen molar-refractivity contribution < 1.29 is 9.47 Å². The number of nitrogens with zero attached hydrogens (tertiary/aromatic N) is 4. The molecule has 3 rings (SSSR count). The molecular weight excluding hydrogens is 324 g/mol. The zero-order chi connectivity index (χ0) is 18.1. The van der Waals surface area contributed by atoms with Gasteiger partial charge >= 0.3 is 5.69 Å². The van der Waals surface area contributed by atoms with Crippen LogP contribution in [0.3, 0.4) is 0 Å². The van der Waals surface area contributed by atoms with Crippen LogP contribution in [0.5, 0.6) is 11.5 Å². The van der Waals surface area contributed by atoms with Crippen molar-refractivity contribution in [2.75, 3.05) is 25.7 Å². The smallest absolute Gasteiger partial charge is 0.346 e. The van der Waals surface area contributed by atoms with E-state index in [-0.39, 0.29) is 11.9 Å². The Labute approximate surface area is 145 Å². The number of rotatable bonds is 4. The molecule has 0 amide bonds. The van der Waals surface area contributed by atoms with Crippen molar-refractivity contribution in [3.8, 4) is 11.5 Å². The number of methoxy groups -OCH3 is 2. The maximum Gasteiger partial charge on any atom is 0.346 e. The highest BCUT2D eigenvalue weighted by molar-refractivity contribution is 5.49. The molecule has 25 heavy (non-hydrogen) atoms. The summed E-state index contributed by atoms with van der Waals surface area (Å²) < 4.78 is 13.1. The van der Waals surface area contributed by atoms with Gasteiger partial charge in [-0.15, -0.1) is 5.10 Å². The fourth-order valence-electron chi connectivity index (χ4n) is 3.31. The van der Waals surface area contributed by atoms with Gasteiger partial charge < -0.3 is 14.4 Å². The summed E-state index contributed by atoms with van der Waals surface area (Å²) in [5.74, 6) is 1.74. The highest BCUT2D eigenvalue weighted by Gasteiger charge is 2.32. The average molecular weight is 346 g/mol. The van der Waals surface area contributed by atoms with Crippen molar-refractivity contribution in [2.45, 2.75) is 18.9 Å². The number of benzene rings is 1. The Morgan fingerprint density at radius 1 is 1.16 bits per heavy atom. The van der Waals surface area contributed by atoms with Crippen molar-refractivity contribution >= 4 is 5.82 Å². The Bertz CT molecular complexity index is 902. The average Bonchev–Trinajstić information content (AvgIpc) is 3.11. The maximum atomic E-state index is 12.6. The summed E-state index contributed by atoms with van der Waals surface area (Å²) >= 11 is 0. The number of hydrogen-bond donors (Lipinski definition) is 0. The van der Waals surface area contributed by atoms with Crippen LogP contribution < -0.4 is 25.6 Å². The van der Waals surface area contributed by atoms with Crippen LogP contribution in [0.4, 0.5) is 5.82 Å². The van der Waals surface area contributed by atoms with Gasteiger partial charge in [-0.1, -0.05) is 0 Å². The highest BCUT2D eigenvalue weighted by atomic mass is 16.5. The van der Waals surface area contributed by atoms with Crippen LogP contribution in [0.25, 0.3) is 0 Å². The molecule has 1 aromatic carbocycles. The molecule has 1 aliphatic heterocycles. The van der Waals surface area contributed by atoms with Gasteiger partial charge in [0, 0.05) is 26.2 Å². The van der Waals surface area contributed by atoms with Crippen molar-refractivity contribution in [3.05, 3.63) is 44.6 Å². The van der Waals surface area contributed by atoms with Crippen molar-refractivity contribution in [1.82, 2.24) is 14.3 Å². The van der Waals surface area contributed by atoms with E-state index in [2.05, 4.69) is 5.10 Å². The third-order valence-electron chi connectivity index (χ3n) is 4.63. The molecular formula is C17H22N4O4. The topological polar surface area (TPSA) is 78.6 Å². The maximum absolute atomic E-state index is 12.6. The van der Waals surface area contributed by atoms with Gasteiger partial charge in [-0.05, 0) is 31.0 Å². The first-order valence-corrected chi connectivity index (χ1v) is 8.10. The zero-order valence-electron chi connectivity index (χ0n) is 14.9. The van der Waals surface area contributed by atoms with Crippen molar-refractivity contribution in [2.24, 2.45) is 14.1 Å². The minimum atomic E-state index is -0.441. The summed E-state index contributed by atoms with van der Waals surface area (Å²) in [5.41, 5.74) is 0.109. The molecule has 0 spiro atoms. The second kappa shape index (κ2) is 6.62. The molecule has 1 fully saturated rings. The molecule has 8 nitrogen and oxygen atoms in total. The molecule has 0 bridgehead atoms. The molecule has 2 aromatic rings. The highest BCUT2D eigenvalue weighted by Crippen LogP contribution is 2.39. The van der Waals surface area contributed by atoms with Gasteiger partial charge in [0.25, 0.3) is 5.56 Å². The molecule has 0 radical (unpaired) electrons. The Hall–Kier alpha value is -2.77. The van der Waals surface area contributed by atoms with E-state index >= 15 is 0 Å². The predicted octanol–water partition coefficient (Wildman–Crippen LogP) is 0.838. The molecule has 0 aliphatic carbocycles. The van der Waals surface area contributed by atoms with Crippen molar-refractivity contribution in [3.63, 3.8) is 0 Å². The normalized spacial score (nSPS) is 17.0. The largest absolute Gasteiger partial charge is 0.497 e. The summed E-state index contributed by atoms with van der Waals surface area (Å²) in [6.07, 6.45) is 1.77. The minimum absolute atomic E-state index is 0.0669. The Balaban J connectivity index is 2.11. The van der Waals surface area contributed by atoms with E-state index in [1.54, 1.807) is 21.3 Å². The van der Waals surface area contributed by atoms with Gasteiger partial charge in [0.1, 0.15) is 11.5 Å². The molecule has 134 valence electrons. The van der Waals surface area contributed by atoms with Crippen LogP contribution in [0, 0.1) is 0 Å². The van der Waals surface area contributed by atoms with E-state index in [0.717, 1.165) is 34.5 Å². The SMILES string of the molecule is COc1ccc(OC)c([C@H]2CCCN2c2nn(C)c(=O)n(C)c2=O)c1. The number of anilines is 1. The minimum Gasteiger partial charge on any atom is -0.497 e. The molecule has 8 heteroatoms. The lowest BCUT2D eigenvalue weighted by Crippen LogP contribution is -2.43. The van der Waals surface area contributed by atoms with E-state index in [4.69, 9.17) is 9.47 Å². The number of aromatic nitrogens is 3. The van der Waals surface area contributed by atoms with E-state index < -0.39 is 11.2 Å². The van der Waals surface area contributed by atoms with E-state index in [1.807, 2.05) is 23.1 Å². The summed E-state index contributed by atoms with van der Waals surface area (Å²) in [5, 5.41) is 4.21. The van der Waals surface area contributed by atoms with E-state index in [0.29, 0.717) is 6.54 Å². The first kappa shape index (κ1) is 17.1. The lowest BCUT2D eigenvalue weighted by atomic mass is 10.0. The summed E-state index contributed by atoms with van der Waals surface area (Å²) in [4.78, 5) is 26.4. The summed E-state index contributed by atoms with van der Waals surface area (Å²) in [7, 11) is 6.24. The van der Waals surface area contributed by atoms with Crippen LogP contribution in [0.2, 0.25) is 0 Å². The monoisotopic (exact) mass is 346 g/mol. The number of hydrogen-bond acceptors (Lipinski definition) is 6. The lowest BCUT2D eigenvalue weighted by Gasteiger charge is -2.27. The summed E-state index contributed by atoms with van der Waals surface area (Å²) in [6, 6.07) is 5.55. The van der Waals surface area contributed by atoms with E-state index in [9.17, 15) is 9.59 Å². The van der Waals surface area contributed by atoms with Gasteiger partial charge in [-0.3, -0.25) is 9.36 Å². The number of aryl methyl sites for hydroxylation is 1. The van der Waals surface area contributed by atoms with Crippen LogP contribution in [-0.4, -0.2) is 35.1 Å². The second-order valence-electron chi connectivity index (χ2n) is 6.05. The molecule has 1 atom stereocenters. The first-order chi connectivity index (χ1) is 12.0. The quantitative estimate of drug-likeness (QED) is 0.816. The third-order valence-corrected chi connectivity index (χ3v) is 4.63. The molecule has 1 aromatic heterocycles. The molecule has 1 aliphatic rings. The number of ether oxygens (including phenoxy) is 2. The third kappa shape index (κ3) is 2.88. The fourth-order valence-corrected chi connectivity index (χ4v) is 3.31. The Morgan fingerprint density at radius 3 is 2.60 bits per heavy atom. The van der Waals surface area contributed by atoms with Crippen LogP contribution in [0.15, 0.2) is 27.8 Å². The van der Waals surface area contributed by atoms with Gasteiger partial charge in [0.15, 0.2) is 0 Å². The molecule has 0 saturated carbocycles. The Morgan fingerprint density at radius 2 is 1.92 bits per heavy atom. The molecule has 0 unspecified atom stereocenters. The fraction of sp³-hybridized carbons (Fsp3) is 0.471. The molecule has 0 N–H and O–H groups in total. The van der Waals surface area contributed by atoms with Crippen molar-refractivity contribution in [1.29, 1.82) is 0 Å². The van der Waals surface area contributed by atoms with E-state index in [1.165, 1.54) is 11.7 Å². The zero-order valence-corrected chi connectivity index (χ0v) is 14.9.